The molecule has 0 aliphatic heterocycles. The number of anilines is 1. The van der Waals surface area contributed by atoms with Gasteiger partial charge in [-0.3, -0.25) is 24.0 Å². The molecule has 228 valence electrons. The number of carbonyl (C=O) groups is 2. The van der Waals surface area contributed by atoms with Crippen LogP contribution in [0, 0.1) is 10.1 Å². The van der Waals surface area contributed by atoms with E-state index in [4.69, 9.17) is 23.2 Å². The van der Waals surface area contributed by atoms with Gasteiger partial charge in [0.1, 0.15) is 12.6 Å². The Morgan fingerprint density at radius 2 is 1.67 bits per heavy atom. The van der Waals surface area contributed by atoms with Gasteiger partial charge in [-0.25, -0.2) is 8.42 Å². The lowest BCUT2D eigenvalue weighted by atomic mass is 10.0. The predicted octanol–water partition coefficient (Wildman–Crippen LogP) is 5.37. The summed E-state index contributed by atoms with van der Waals surface area (Å²) < 4.78 is 26.6. The number of rotatable bonds is 12. The molecule has 3 aromatic rings. The molecule has 1 aliphatic carbocycles. The van der Waals surface area contributed by atoms with Crippen LogP contribution in [0.2, 0.25) is 10.0 Å². The van der Waals surface area contributed by atoms with Crippen molar-refractivity contribution in [3.63, 3.8) is 0 Å². The number of benzene rings is 3. The van der Waals surface area contributed by atoms with E-state index in [2.05, 4.69) is 5.32 Å². The Balaban J connectivity index is 1.75. The molecule has 0 heterocycles. The number of nitro groups is 1. The predicted molar refractivity (Wildman–Crippen MR) is 167 cm³/mol. The molecule has 0 saturated heterocycles. The van der Waals surface area contributed by atoms with E-state index in [-0.39, 0.29) is 41.3 Å². The Hall–Kier alpha value is -3.67. The van der Waals surface area contributed by atoms with Crippen molar-refractivity contribution in [1.82, 2.24) is 10.2 Å². The van der Waals surface area contributed by atoms with E-state index >= 15 is 0 Å². The highest BCUT2D eigenvalue weighted by Gasteiger charge is 2.34. The number of amides is 2. The number of nitro benzene ring substituents is 1. The molecule has 0 radical (unpaired) electrons. The van der Waals surface area contributed by atoms with E-state index in [0.29, 0.717) is 10.6 Å². The molecule has 0 bridgehead atoms. The monoisotopic (exact) mass is 646 g/mol. The van der Waals surface area contributed by atoms with Gasteiger partial charge in [0.15, 0.2) is 0 Å². The second kappa shape index (κ2) is 14.2. The van der Waals surface area contributed by atoms with Crippen LogP contribution in [-0.2, 0) is 32.6 Å². The fourth-order valence-corrected chi connectivity index (χ4v) is 6.29. The molecule has 1 atom stereocenters. The molecule has 13 heteroatoms. The lowest BCUT2D eigenvalue weighted by Crippen LogP contribution is -2.54. The van der Waals surface area contributed by atoms with Crippen molar-refractivity contribution < 1.29 is 22.9 Å². The lowest BCUT2D eigenvalue weighted by Gasteiger charge is -2.34. The number of hydrogen-bond acceptors (Lipinski definition) is 6. The number of nitrogens with one attached hydrogen (secondary N) is 1. The first-order valence-electron chi connectivity index (χ1n) is 13.7. The average molecular weight is 648 g/mol. The van der Waals surface area contributed by atoms with Crippen LogP contribution in [-0.4, -0.2) is 54.9 Å². The maximum Gasteiger partial charge on any atom is 0.271 e. The van der Waals surface area contributed by atoms with Crippen LogP contribution in [0.5, 0.6) is 0 Å². The molecule has 1 N–H and O–H groups in total. The summed E-state index contributed by atoms with van der Waals surface area (Å²) in [6.07, 6.45) is 4.73. The van der Waals surface area contributed by atoms with Gasteiger partial charge in [-0.1, -0.05) is 78.5 Å². The van der Waals surface area contributed by atoms with Crippen LogP contribution in [0.4, 0.5) is 11.4 Å². The molecule has 1 saturated carbocycles. The van der Waals surface area contributed by atoms with Crippen molar-refractivity contribution in [1.29, 1.82) is 0 Å². The molecule has 4 rings (SSSR count). The van der Waals surface area contributed by atoms with Gasteiger partial charge in [0.05, 0.1) is 26.9 Å². The molecule has 0 unspecified atom stereocenters. The van der Waals surface area contributed by atoms with E-state index in [9.17, 15) is 28.1 Å². The molecule has 3 aromatic carbocycles. The van der Waals surface area contributed by atoms with Crippen LogP contribution < -0.4 is 9.62 Å². The summed E-state index contributed by atoms with van der Waals surface area (Å²) in [5.41, 5.74) is 1.01. The summed E-state index contributed by atoms with van der Waals surface area (Å²) in [5.74, 6) is -1.03. The number of non-ortho nitro benzene ring substituents is 1. The third-order valence-electron chi connectivity index (χ3n) is 7.32. The first kappa shape index (κ1) is 32.2. The number of sulfonamides is 1. The van der Waals surface area contributed by atoms with Gasteiger partial charge in [-0.05, 0) is 42.2 Å². The Bertz CT molecular complexity index is 1580. The Labute approximate surface area is 260 Å². The quantitative estimate of drug-likeness (QED) is 0.208. The maximum atomic E-state index is 14.2. The first-order valence-corrected chi connectivity index (χ1v) is 16.3. The van der Waals surface area contributed by atoms with Gasteiger partial charge in [0.25, 0.3) is 5.69 Å². The fourth-order valence-electron chi connectivity index (χ4n) is 5.13. The SMILES string of the molecule is CS(=O)(=O)N(CC(=O)N(Cc1ccc(Cl)c(Cl)c1)[C@H](Cc1ccccc1)C(=O)NC1CCCC1)c1cccc([N+](=O)[O-])c1. The molecule has 1 aliphatic rings. The minimum Gasteiger partial charge on any atom is -0.352 e. The summed E-state index contributed by atoms with van der Waals surface area (Å²) in [5, 5.41) is 15.1. The highest BCUT2D eigenvalue weighted by molar-refractivity contribution is 7.92. The summed E-state index contributed by atoms with van der Waals surface area (Å²) in [7, 11) is -4.07. The standard InChI is InChI=1S/C30H32Cl2N4O6S/c1-43(41,42)35(24-12-7-13-25(18-24)36(39)40)20-29(37)34(19-22-14-15-26(31)27(32)16-22)28(17-21-8-3-2-4-9-21)30(38)33-23-10-5-6-11-23/h2-4,7-9,12-16,18,23,28H,5-6,10-11,17,19-20H2,1H3,(H,33,38)/t28-/m1/s1. The van der Waals surface area contributed by atoms with Crippen LogP contribution in [0.25, 0.3) is 0 Å². The van der Waals surface area contributed by atoms with E-state index in [1.165, 1.54) is 23.1 Å². The van der Waals surface area contributed by atoms with Gasteiger partial charge in [-0.2, -0.15) is 0 Å². The fraction of sp³-hybridized carbons (Fsp3) is 0.333. The molecule has 43 heavy (non-hydrogen) atoms. The van der Waals surface area contributed by atoms with E-state index in [1.807, 2.05) is 30.3 Å². The van der Waals surface area contributed by atoms with Gasteiger partial charge in [0, 0.05) is 31.1 Å². The Kier molecular flexibility index (Phi) is 10.6. The third kappa shape index (κ3) is 8.68. The van der Waals surface area contributed by atoms with Gasteiger partial charge in [0.2, 0.25) is 21.8 Å². The van der Waals surface area contributed by atoms with E-state index < -0.39 is 33.4 Å². The largest absolute Gasteiger partial charge is 0.352 e. The summed E-state index contributed by atoms with van der Waals surface area (Å²) in [6.45, 7) is -0.763. The minimum absolute atomic E-state index is 0.0231. The summed E-state index contributed by atoms with van der Waals surface area (Å²) in [6, 6.07) is 18.1. The summed E-state index contributed by atoms with van der Waals surface area (Å²) in [4.78, 5) is 40.1. The number of nitrogens with zero attached hydrogens (tertiary/aromatic N) is 3. The van der Waals surface area contributed by atoms with E-state index in [1.54, 1.807) is 18.2 Å². The number of halogens is 2. The zero-order chi connectivity index (χ0) is 31.1. The number of hydrogen-bond donors (Lipinski definition) is 1. The van der Waals surface area contributed by atoms with Crippen molar-refractivity contribution in [2.24, 2.45) is 0 Å². The van der Waals surface area contributed by atoms with Crippen molar-refractivity contribution in [2.75, 3.05) is 17.1 Å². The highest BCUT2D eigenvalue weighted by atomic mass is 35.5. The Morgan fingerprint density at radius 1 is 0.977 bits per heavy atom. The zero-order valence-electron chi connectivity index (χ0n) is 23.5. The van der Waals surface area contributed by atoms with Crippen molar-refractivity contribution in [2.45, 2.75) is 50.7 Å². The van der Waals surface area contributed by atoms with Gasteiger partial charge < -0.3 is 10.2 Å². The van der Waals surface area contributed by atoms with Crippen LogP contribution in [0.15, 0.2) is 72.8 Å². The van der Waals surface area contributed by atoms with Crippen LogP contribution >= 0.6 is 23.2 Å². The zero-order valence-corrected chi connectivity index (χ0v) is 25.8. The molecular formula is C30H32Cl2N4O6S. The summed E-state index contributed by atoms with van der Waals surface area (Å²) >= 11 is 12.4. The topological polar surface area (TPSA) is 130 Å². The molecule has 10 nitrogen and oxygen atoms in total. The molecule has 1 fully saturated rings. The second-order valence-corrected chi connectivity index (χ2v) is 13.2. The maximum absolute atomic E-state index is 14.2. The Morgan fingerprint density at radius 3 is 2.30 bits per heavy atom. The molecular weight excluding hydrogens is 615 g/mol. The first-order chi connectivity index (χ1) is 20.4. The van der Waals surface area contributed by atoms with Crippen LogP contribution in [0.1, 0.15) is 36.8 Å². The lowest BCUT2D eigenvalue weighted by molar-refractivity contribution is -0.384. The second-order valence-electron chi connectivity index (χ2n) is 10.5. The minimum atomic E-state index is -4.07. The van der Waals surface area contributed by atoms with Crippen molar-refractivity contribution in [3.8, 4) is 0 Å². The van der Waals surface area contributed by atoms with Gasteiger partial charge >= 0.3 is 0 Å². The van der Waals surface area contributed by atoms with Crippen molar-refractivity contribution >= 4 is 56.4 Å². The third-order valence-corrected chi connectivity index (χ3v) is 9.20. The normalized spacial score (nSPS) is 14.2. The highest BCUT2D eigenvalue weighted by Crippen LogP contribution is 2.27. The average Bonchev–Trinajstić information content (AvgIpc) is 3.48. The van der Waals surface area contributed by atoms with Gasteiger partial charge in [-0.15, -0.1) is 0 Å². The smallest absolute Gasteiger partial charge is 0.271 e. The molecule has 2 amide bonds. The van der Waals surface area contributed by atoms with Crippen molar-refractivity contribution in [3.05, 3.63) is 104 Å². The number of carbonyl (C=O) groups excluding carboxylic acids is 2. The van der Waals surface area contributed by atoms with E-state index in [0.717, 1.165) is 47.9 Å². The van der Waals surface area contributed by atoms with Crippen LogP contribution in [0.3, 0.4) is 0 Å². The molecule has 0 spiro atoms. The molecule has 0 aromatic heterocycles.